The normalized spacial score (nSPS) is 11.0. The van der Waals surface area contributed by atoms with Crippen LogP contribution in [-0.2, 0) is 6.42 Å². The zero-order valence-corrected chi connectivity index (χ0v) is 10.5. The van der Waals surface area contributed by atoms with Gasteiger partial charge in [-0.05, 0) is 18.2 Å². The average Bonchev–Trinajstić information content (AvgIpc) is 2.97. The fraction of sp³-hybridized carbons (Fsp3) is 0.0833. The maximum Gasteiger partial charge on any atom is 0.252 e. The maximum absolute atomic E-state index is 12.0. The Bertz CT molecular complexity index is 762. The first-order valence-electron chi connectivity index (χ1n) is 5.49. The van der Waals surface area contributed by atoms with Gasteiger partial charge in [0.05, 0.1) is 12.7 Å². The van der Waals surface area contributed by atoms with E-state index in [-0.39, 0.29) is 18.3 Å². The molecule has 0 fully saturated rings. The first kappa shape index (κ1) is 11.7. The molecule has 7 heteroatoms. The molecule has 6 nitrogen and oxygen atoms in total. The molecular formula is C12H9ClN4O2. The summed E-state index contributed by atoms with van der Waals surface area (Å²) in [5.41, 5.74) is 6.80. The monoisotopic (exact) mass is 276 g/mol. The van der Waals surface area contributed by atoms with Crippen LogP contribution in [0, 0.1) is 0 Å². The summed E-state index contributed by atoms with van der Waals surface area (Å²) in [7, 11) is 0. The third-order valence-electron chi connectivity index (χ3n) is 2.72. The van der Waals surface area contributed by atoms with E-state index in [1.165, 1.54) is 6.33 Å². The Labute approximate surface area is 112 Å². The van der Waals surface area contributed by atoms with Crippen LogP contribution >= 0.6 is 11.6 Å². The number of nitrogens with zero attached hydrogens (tertiary/aromatic N) is 3. The molecule has 2 aromatic heterocycles. The third-order valence-corrected chi connectivity index (χ3v) is 2.96. The summed E-state index contributed by atoms with van der Waals surface area (Å²) < 4.78 is 6.47. The summed E-state index contributed by atoms with van der Waals surface area (Å²) >= 11 is 5.93. The molecule has 0 bridgehead atoms. The van der Waals surface area contributed by atoms with Crippen molar-refractivity contribution >= 4 is 34.4 Å². The van der Waals surface area contributed by atoms with Crippen LogP contribution in [0.1, 0.15) is 10.4 Å². The molecule has 0 spiro atoms. The zero-order valence-electron chi connectivity index (χ0n) is 9.71. The van der Waals surface area contributed by atoms with E-state index < -0.39 is 0 Å². The molecule has 0 saturated heterocycles. The van der Waals surface area contributed by atoms with Crippen LogP contribution < -0.4 is 5.73 Å². The summed E-state index contributed by atoms with van der Waals surface area (Å²) in [6.45, 7) is 0. The van der Waals surface area contributed by atoms with Gasteiger partial charge in [0.1, 0.15) is 11.9 Å². The van der Waals surface area contributed by atoms with Gasteiger partial charge in [-0.1, -0.05) is 11.6 Å². The molecule has 0 aliphatic rings. The van der Waals surface area contributed by atoms with E-state index in [4.69, 9.17) is 21.8 Å². The second-order valence-corrected chi connectivity index (χ2v) is 4.46. The van der Waals surface area contributed by atoms with Crippen molar-refractivity contribution in [2.45, 2.75) is 6.42 Å². The lowest BCUT2D eigenvalue weighted by molar-refractivity contribution is 0.0898. The lowest BCUT2D eigenvalue weighted by Gasteiger charge is -1.98. The number of nitrogen functional groups attached to an aromatic ring is 1. The number of nitrogens with two attached hydrogens (primary N) is 1. The molecule has 96 valence electrons. The standard InChI is InChI=1S/C12H9ClN4O2/c13-8-1-2-10-9(4-8)7(5-19-10)3-11(18)17-6-15-12(14)16-17/h1-2,4-6H,3H2,(H2,14,16). The Morgan fingerprint density at radius 2 is 2.32 bits per heavy atom. The molecule has 1 aromatic carbocycles. The van der Waals surface area contributed by atoms with Crippen LogP contribution in [0.5, 0.6) is 0 Å². The highest BCUT2D eigenvalue weighted by Crippen LogP contribution is 2.25. The zero-order chi connectivity index (χ0) is 13.4. The van der Waals surface area contributed by atoms with Crippen molar-refractivity contribution in [3.63, 3.8) is 0 Å². The van der Waals surface area contributed by atoms with Gasteiger partial charge in [-0.3, -0.25) is 4.79 Å². The number of fused-ring (bicyclic) bond motifs is 1. The van der Waals surface area contributed by atoms with Crippen LogP contribution in [0.15, 0.2) is 35.2 Å². The predicted octanol–water partition coefficient (Wildman–Crippen LogP) is 2.14. The van der Waals surface area contributed by atoms with Gasteiger partial charge in [0.15, 0.2) is 0 Å². The Hall–Kier alpha value is -2.34. The molecule has 0 amide bonds. The summed E-state index contributed by atoms with van der Waals surface area (Å²) in [4.78, 5) is 15.7. The first-order chi connectivity index (χ1) is 9.13. The second-order valence-electron chi connectivity index (χ2n) is 4.02. The number of carbonyl (C=O) groups excluding carboxylic acids is 1. The van der Waals surface area contributed by atoms with E-state index in [0.29, 0.717) is 10.6 Å². The lowest BCUT2D eigenvalue weighted by Crippen LogP contribution is -2.14. The number of rotatable bonds is 2. The topological polar surface area (TPSA) is 86.9 Å². The van der Waals surface area contributed by atoms with Gasteiger partial charge >= 0.3 is 0 Å². The number of furan rings is 1. The van der Waals surface area contributed by atoms with Gasteiger partial charge in [0, 0.05) is 16.0 Å². The quantitative estimate of drug-likeness (QED) is 0.775. The van der Waals surface area contributed by atoms with Gasteiger partial charge in [-0.2, -0.15) is 4.68 Å². The Morgan fingerprint density at radius 1 is 1.47 bits per heavy atom. The summed E-state index contributed by atoms with van der Waals surface area (Å²) in [6.07, 6.45) is 2.96. The lowest BCUT2D eigenvalue weighted by atomic mass is 10.1. The maximum atomic E-state index is 12.0. The van der Waals surface area contributed by atoms with E-state index in [1.54, 1.807) is 24.5 Å². The second kappa shape index (κ2) is 4.40. The number of hydrogen-bond donors (Lipinski definition) is 1. The van der Waals surface area contributed by atoms with E-state index >= 15 is 0 Å². The van der Waals surface area contributed by atoms with Gasteiger partial charge < -0.3 is 10.2 Å². The Morgan fingerprint density at radius 3 is 3.05 bits per heavy atom. The van der Waals surface area contributed by atoms with Crippen molar-refractivity contribution in [2.75, 3.05) is 5.73 Å². The molecule has 0 radical (unpaired) electrons. The molecule has 2 N–H and O–H groups in total. The van der Waals surface area contributed by atoms with Crippen molar-refractivity contribution < 1.29 is 9.21 Å². The van der Waals surface area contributed by atoms with E-state index in [1.807, 2.05) is 0 Å². The van der Waals surface area contributed by atoms with Crippen molar-refractivity contribution in [1.29, 1.82) is 0 Å². The molecule has 2 heterocycles. The molecule has 19 heavy (non-hydrogen) atoms. The van der Waals surface area contributed by atoms with E-state index in [2.05, 4.69) is 10.1 Å². The fourth-order valence-electron chi connectivity index (χ4n) is 1.83. The van der Waals surface area contributed by atoms with Crippen molar-refractivity contribution in [3.8, 4) is 0 Å². The SMILES string of the molecule is Nc1ncn(C(=O)Cc2coc3ccc(Cl)cc23)n1. The smallest absolute Gasteiger partial charge is 0.252 e. The van der Waals surface area contributed by atoms with E-state index in [0.717, 1.165) is 15.6 Å². The molecule has 0 aliphatic heterocycles. The summed E-state index contributed by atoms with van der Waals surface area (Å²) in [5.74, 6) is -0.180. The number of hydrogen-bond acceptors (Lipinski definition) is 5. The first-order valence-corrected chi connectivity index (χ1v) is 5.87. The molecule has 0 unspecified atom stereocenters. The van der Waals surface area contributed by atoms with Crippen LogP contribution in [0.25, 0.3) is 11.0 Å². The number of carbonyl (C=O) groups is 1. The molecule has 0 aliphatic carbocycles. The number of halogens is 1. The fourth-order valence-corrected chi connectivity index (χ4v) is 2.00. The van der Waals surface area contributed by atoms with Gasteiger partial charge in [-0.25, -0.2) is 4.98 Å². The number of anilines is 1. The predicted molar refractivity (Wildman–Crippen MR) is 70.0 cm³/mol. The minimum Gasteiger partial charge on any atom is -0.464 e. The van der Waals surface area contributed by atoms with Crippen molar-refractivity contribution in [3.05, 3.63) is 41.4 Å². The molecular weight excluding hydrogens is 268 g/mol. The highest BCUT2D eigenvalue weighted by molar-refractivity contribution is 6.31. The minimum atomic E-state index is -0.244. The number of benzene rings is 1. The van der Waals surface area contributed by atoms with Crippen LogP contribution in [-0.4, -0.2) is 20.7 Å². The van der Waals surface area contributed by atoms with E-state index in [9.17, 15) is 4.79 Å². The largest absolute Gasteiger partial charge is 0.464 e. The molecule has 0 saturated carbocycles. The van der Waals surface area contributed by atoms with Gasteiger partial charge in [-0.15, -0.1) is 5.10 Å². The van der Waals surface area contributed by atoms with Crippen LogP contribution in [0.3, 0.4) is 0 Å². The summed E-state index contributed by atoms with van der Waals surface area (Å²) in [5, 5.41) is 5.17. The molecule has 0 atom stereocenters. The highest BCUT2D eigenvalue weighted by Gasteiger charge is 2.13. The number of aromatic nitrogens is 3. The van der Waals surface area contributed by atoms with Crippen LogP contribution in [0.2, 0.25) is 5.02 Å². The van der Waals surface area contributed by atoms with Crippen molar-refractivity contribution in [1.82, 2.24) is 14.8 Å². The molecule has 3 rings (SSSR count). The van der Waals surface area contributed by atoms with Crippen LogP contribution in [0.4, 0.5) is 5.95 Å². The minimum absolute atomic E-state index is 0.0634. The van der Waals surface area contributed by atoms with Gasteiger partial charge in [0.25, 0.3) is 5.91 Å². The Kier molecular flexibility index (Phi) is 2.72. The third kappa shape index (κ3) is 2.17. The van der Waals surface area contributed by atoms with Crippen molar-refractivity contribution in [2.24, 2.45) is 0 Å². The van der Waals surface area contributed by atoms with Gasteiger partial charge in [0.2, 0.25) is 5.95 Å². The average molecular weight is 277 g/mol. The highest BCUT2D eigenvalue weighted by atomic mass is 35.5. The summed E-state index contributed by atoms with van der Waals surface area (Å²) in [6, 6.07) is 5.26. The Balaban J connectivity index is 1.93. The molecule has 3 aromatic rings.